The van der Waals surface area contributed by atoms with E-state index in [1.807, 2.05) is 37.3 Å². The first-order valence-corrected chi connectivity index (χ1v) is 7.81. The van der Waals surface area contributed by atoms with Crippen molar-refractivity contribution in [3.63, 3.8) is 0 Å². The molecule has 2 aromatic rings. The zero-order chi connectivity index (χ0) is 15.5. The zero-order valence-corrected chi connectivity index (χ0v) is 12.8. The van der Waals surface area contributed by atoms with Crippen LogP contribution in [-0.4, -0.2) is 11.9 Å². The van der Waals surface area contributed by atoms with Crippen LogP contribution in [0.5, 0.6) is 0 Å². The topological polar surface area (TPSA) is 55.1 Å². The number of carbonyl (C=O) groups is 1. The average Bonchev–Trinajstić information content (AvgIpc) is 2.51. The number of hydrogen-bond donors (Lipinski definition) is 2. The Morgan fingerprint density at radius 1 is 1.09 bits per heavy atom. The molecule has 1 aliphatic carbocycles. The number of amides is 1. The Bertz CT molecular complexity index is 630. The number of nitrogens with two attached hydrogens (primary N) is 1. The van der Waals surface area contributed by atoms with Gasteiger partial charge in [0.15, 0.2) is 0 Å². The summed E-state index contributed by atoms with van der Waals surface area (Å²) in [4.78, 5) is 12.2. The maximum atomic E-state index is 12.2. The maximum absolute atomic E-state index is 12.2. The number of rotatable bonds is 4. The van der Waals surface area contributed by atoms with E-state index in [9.17, 15) is 4.79 Å². The van der Waals surface area contributed by atoms with Crippen LogP contribution in [0.4, 0.5) is 0 Å². The molecule has 1 aliphatic rings. The van der Waals surface area contributed by atoms with E-state index in [-0.39, 0.29) is 11.9 Å². The first-order valence-electron chi connectivity index (χ1n) is 7.81. The number of hydrogen-bond acceptors (Lipinski definition) is 2. The van der Waals surface area contributed by atoms with E-state index in [0.717, 1.165) is 18.4 Å². The minimum absolute atomic E-state index is 0.0830. The summed E-state index contributed by atoms with van der Waals surface area (Å²) in [6.45, 7) is 2.02. The summed E-state index contributed by atoms with van der Waals surface area (Å²) in [6.07, 6.45) is 1.99. The third-order valence-corrected chi connectivity index (χ3v) is 4.47. The number of benzene rings is 2. The normalized spacial score (nSPS) is 21.7. The molecule has 3 heteroatoms. The minimum atomic E-state index is -0.587. The van der Waals surface area contributed by atoms with Gasteiger partial charge in [-0.15, -0.1) is 0 Å². The van der Waals surface area contributed by atoms with E-state index in [1.165, 1.54) is 11.1 Å². The lowest BCUT2D eigenvalue weighted by Gasteiger charge is -2.36. The molecule has 2 aromatic carbocycles. The van der Waals surface area contributed by atoms with Gasteiger partial charge in [-0.05, 0) is 36.8 Å². The molecule has 114 valence electrons. The van der Waals surface area contributed by atoms with Crippen molar-refractivity contribution in [2.24, 2.45) is 5.73 Å². The van der Waals surface area contributed by atoms with Crippen LogP contribution in [0.1, 0.15) is 41.5 Å². The Balaban J connectivity index is 1.52. The van der Waals surface area contributed by atoms with Gasteiger partial charge in [0.05, 0.1) is 0 Å². The molecule has 22 heavy (non-hydrogen) atoms. The number of aryl methyl sites for hydroxylation is 1. The van der Waals surface area contributed by atoms with Gasteiger partial charge in [0.2, 0.25) is 5.91 Å². The monoisotopic (exact) mass is 294 g/mol. The fourth-order valence-electron chi connectivity index (χ4n) is 2.95. The quantitative estimate of drug-likeness (QED) is 0.910. The van der Waals surface area contributed by atoms with E-state index in [4.69, 9.17) is 5.73 Å². The van der Waals surface area contributed by atoms with Crippen molar-refractivity contribution >= 4 is 5.91 Å². The zero-order valence-electron chi connectivity index (χ0n) is 12.8. The van der Waals surface area contributed by atoms with Crippen LogP contribution in [0.3, 0.4) is 0 Å². The fraction of sp³-hybridized carbons (Fsp3) is 0.316. The Hall–Kier alpha value is -2.13. The van der Waals surface area contributed by atoms with E-state index in [2.05, 4.69) is 29.6 Å². The lowest BCUT2D eigenvalue weighted by atomic mass is 9.76. The molecule has 0 saturated heterocycles. The minimum Gasteiger partial charge on any atom is -0.352 e. The third-order valence-electron chi connectivity index (χ3n) is 4.47. The van der Waals surface area contributed by atoms with E-state index in [0.29, 0.717) is 5.92 Å². The molecular formula is C19H22N2O. The molecule has 0 aromatic heterocycles. The highest BCUT2D eigenvalue weighted by Gasteiger charge is 2.32. The first-order chi connectivity index (χ1) is 10.6. The van der Waals surface area contributed by atoms with Crippen LogP contribution in [0, 0.1) is 6.92 Å². The van der Waals surface area contributed by atoms with Crippen molar-refractivity contribution in [3.8, 4) is 0 Å². The Labute approximate surface area is 131 Å². The van der Waals surface area contributed by atoms with Gasteiger partial charge in [-0.2, -0.15) is 0 Å². The summed E-state index contributed by atoms with van der Waals surface area (Å²) in [5, 5.41) is 3.07. The number of nitrogens with one attached hydrogen (secondary N) is 1. The molecule has 0 bridgehead atoms. The second kappa shape index (κ2) is 6.32. The number of carbonyl (C=O) groups excluding carboxylic acids is 1. The molecule has 3 nitrogen and oxygen atoms in total. The van der Waals surface area contributed by atoms with Gasteiger partial charge in [-0.3, -0.25) is 4.79 Å². The van der Waals surface area contributed by atoms with Crippen LogP contribution in [0.15, 0.2) is 54.6 Å². The Morgan fingerprint density at radius 2 is 1.73 bits per heavy atom. The summed E-state index contributed by atoms with van der Waals surface area (Å²) < 4.78 is 0. The summed E-state index contributed by atoms with van der Waals surface area (Å²) >= 11 is 0. The Kier molecular flexibility index (Phi) is 4.25. The van der Waals surface area contributed by atoms with Gasteiger partial charge in [-0.25, -0.2) is 0 Å². The highest BCUT2D eigenvalue weighted by molar-refractivity contribution is 5.83. The highest BCUT2D eigenvalue weighted by Crippen LogP contribution is 2.36. The summed E-state index contributed by atoms with van der Waals surface area (Å²) in [6, 6.07) is 17.9. The molecule has 0 aliphatic heterocycles. The SMILES string of the molecule is Cc1ccc(C(N)C(=O)NC2CC(c3ccccc3)C2)cc1. The van der Waals surface area contributed by atoms with Crippen molar-refractivity contribution in [1.82, 2.24) is 5.32 Å². The van der Waals surface area contributed by atoms with Crippen LogP contribution in [0.2, 0.25) is 0 Å². The lowest BCUT2D eigenvalue weighted by molar-refractivity contribution is -0.123. The second-order valence-corrected chi connectivity index (χ2v) is 6.17. The summed E-state index contributed by atoms with van der Waals surface area (Å²) in [5.74, 6) is 0.475. The maximum Gasteiger partial charge on any atom is 0.241 e. The molecule has 1 atom stereocenters. The van der Waals surface area contributed by atoms with Gasteiger partial charge >= 0.3 is 0 Å². The van der Waals surface area contributed by atoms with Crippen LogP contribution >= 0.6 is 0 Å². The van der Waals surface area contributed by atoms with Crippen LogP contribution in [-0.2, 0) is 4.79 Å². The van der Waals surface area contributed by atoms with E-state index < -0.39 is 6.04 Å². The third kappa shape index (κ3) is 3.20. The molecule has 0 heterocycles. The Morgan fingerprint density at radius 3 is 2.36 bits per heavy atom. The molecular weight excluding hydrogens is 272 g/mol. The van der Waals surface area contributed by atoms with E-state index >= 15 is 0 Å². The first kappa shape index (κ1) is 14.8. The van der Waals surface area contributed by atoms with Gasteiger partial charge in [0.25, 0.3) is 0 Å². The largest absolute Gasteiger partial charge is 0.352 e. The van der Waals surface area contributed by atoms with Crippen molar-refractivity contribution in [2.45, 2.75) is 37.8 Å². The summed E-state index contributed by atoms with van der Waals surface area (Å²) in [5.41, 5.74) is 9.44. The average molecular weight is 294 g/mol. The molecule has 1 unspecified atom stereocenters. The molecule has 0 spiro atoms. The van der Waals surface area contributed by atoms with Gasteiger partial charge in [0.1, 0.15) is 6.04 Å². The molecule has 0 radical (unpaired) electrons. The fourth-order valence-corrected chi connectivity index (χ4v) is 2.95. The van der Waals surface area contributed by atoms with Crippen molar-refractivity contribution < 1.29 is 4.79 Å². The van der Waals surface area contributed by atoms with Gasteiger partial charge in [0, 0.05) is 6.04 Å². The standard InChI is InChI=1S/C19H22N2O/c1-13-7-9-15(10-8-13)18(20)19(22)21-17-11-16(12-17)14-5-3-2-4-6-14/h2-10,16-18H,11-12,20H2,1H3,(H,21,22). The predicted octanol–water partition coefficient (Wildman–Crippen LogP) is 3.06. The van der Waals surface area contributed by atoms with Crippen molar-refractivity contribution in [3.05, 3.63) is 71.3 Å². The predicted molar refractivity (Wildman–Crippen MR) is 88.5 cm³/mol. The van der Waals surface area contributed by atoms with Crippen LogP contribution in [0.25, 0.3) is 0 Å². The summed E-state index contributed by atoms with van der Waals surface area (Å²) in [7, 11) is 0. The van der Waals surface area contributed by atoms with E-state index in [1.54, 1.807) is 0 Å². The molecule has 1 fully saturated rings. The lowest BCUT2D eigenvalue weighted by Crippen LogP contribution is -2.46. The van der Waals surface area contributed by atoms with Crippen LogP contribution < -0.4 is 11.1 Å². The van der Waals surface area contributed by atoms with Crippen molar-refractivity contribution in [1.29, 1.82) is 0 Å². The van der Waals surface area contributed by atoms with Gasteiger partial charge < -0.3 is 11.1 Å². The molecule has 3 N–H and O–H groups in total. The molecule has 1 amide bonds. The second-order valence-electron chi connectivity index (χ2n) is 6.17. The molecule has 3 rings (SSSR count). The molecule has 1 saturated carbocycles. The highest BCUT2D eigenvalue weighted by atomic mass is 16.2. The van der Waals surface area contributed by atoms with Gasteiger partial charge in [-0.1, -0.05) is 60.2 Å². The smallest absolute Gasteiger partial charge is 0.241 e. The van der Waals surface area contributed by atoms with Crippen molar-refractivity contribution in [2.75, 3.05) is 0 Å².